The molecule has 0 aliphatic rings. The molecule has 264 valence electrons. The number of halogens is 1. The highest BCUT2D eigenvalue weighted by atomic mass is 35.5. The van der Waals surface area contributed by atoms with Gasteiger partial charge in [-0.15, -0.1) is 0 Å². The van der Waals surface area contributed by atoms with Crippen molar-refractivity contribution < 1.29 is 5.11 Å². The second-order valence-corrected chi connectivity index (χ2v) is 12.3. The lowest BCUT2D eigenvalue weighted by atomic mass is 10.0. The van der Waals surface area contributed by atoms with Crippen molar-refractivity contribution in [3.05, 3.63) is 168 Å². The van der Waals surface area contributed by atoms with Gasteiger partial charge in [0.05, 0.1) is 52.9 Å². The number of hydrogen-bond donors (Lipinski definition) is 3. The zero-order valence-corrected chi connectivity index (χ0v) is 29.9. The highest BCUT2D eigenvalue weighted by Crippen LogP contribution is 2.34. The fourth-order valence-corrected chi connectivity index (χ4v) is 6.09. The minimum absolute atomic E-state index is 0.0174. The van der Waals surface area contributed by atoms with Gasteiger partial charge in [0.1, 0.15) is 11.6 Å². The fourth-order valence-electron chi connectivity index (χ4n) is 5.92. The summed E-state index contributed by atoms with van der Waals surface area (Å²) >= 11 is 6.13. The number of benzene rings is 4. The Morgan fingerprint density at radius 1 is 0.537 bits per heavy atom. The Bertz CT molecular complexity index is 2530. The lowest BCUT2D eigenvalue weighted by Crippen LogP contribution is -2.06. The quantitative estimate of drug-likeness (QED) is 0.0988. The van der Waals surface area contributed by atoms with Gasteiger partial charge >= 0.3 is 0 Å². The van der Waals surface area contributed by atoms with Crippen LogP contribution in [0, 0.1) is 11.8 Å². The summed E-state index contributed by atoms with van der Waals surface area (Å²) < 4.78 is 0. The van der Waals surface area contributed by atoms with E-state index in [4.69, 9.17) is 16.7 Å². The first kappa shape index (κ1) is 35.7. The van der Waals surface area contributed by atoms with Crippen molar-refractivity contribution in [2.75, 3.05) is 17.2 Å². The summed E-state index contributed by atoms with van der Waals surface area (Å²) in [5.41, 5.74) is 7.82. The summed E-state index contributed by atoms with van der Waals surface area (Å²) in [7, 11) is 0. The van der Waals surface area contributed by atoms with Crippen LogP contribution in [0.25, 0.3) is 44.1 Å². The predicted molar refractivity (Wildman–Crippen MR) is 217 cm³/mol. The van der Waals surface area contributed by atoms with Crippen molar-refractivity contribution in [2.24, 2.45) is 0 Å². The molecule has 0 aliphatic carbocycles. The lowest BCUT2D eigenvalue weighted by Gasteiger charge is -2.13. The van der Waals surface area contributed by atoms with Gasteiger partial charge in [-0.25, -0.2) is 19.9 Å². The van der Waals surface area contributed by atoms with E-state index in [1.54, 1.807) is 12.4 Å². The Morgan fingerprint density at radius 3 is 1.57 bits per heavy atom. The van der Waals surface area contributed by atoms with E-state index in [0.717, 1.165) is 55.4 Å². The third-order valence-electron chi connectivity index (χ3n) is 8.35. The predicted octanol–water partition coefficient (Wildman–Crippen LogP) is 9.00. The molecule has 0 aliphatic heterocycles. The van der Waals surface area contributed by atoms with Crippen LogP contribution in [0.15, 0.2) is 146 Å². The largest absolute Gasteiger partial charge is 0.395 e. The molecule has 4 heterocycles. The van der Waals surface area contributed by atoms with Crippen LogP contribution in [0.5, 0.6) is 0 Å². The molecular formula is C44H35ClN8O. The van der Waals surface area contributed by atoms with Crippen molar-refractivity contribution in [1.29, 1.82) is 0 Å². The van der Waals surface area contributed by atoms with Gasteiger partial charge in [0.15, 0.2) is 0 Å². The third kappa shape index (κ3) is 8.82. The Kier molecular flexibility index (Phi) is 11.7. The highest BCUT2D eigenvalue weighted by Gasteiger charge is 2.14. The summed E-state index contributed by atoms with van der Waals surface area (Å²) in [5.74, 6) is 7.70. The van der Waals surface area contributed by atoms with Crippen LogP contribution in [0.1, 0.15) is 23.6 Å². The third-order valence-corrected chi connectivity index (χ3v) is 8.52. The number of aromatic nitrogens is 6. The first-order valence-corrected chi connectivity index (χ1v) is 17.8. The molecule has 0 fully saturated rings. The average Bonchev–Trinajstić information content (AvgIpc) is 3.23. The van der Waals surface area contributed by atoms with Gasteiger partial charge < -0.3 is 15.7 Å². The van der Waals surface area contributed by atoms with Crippen LogP contribution in [-0.4, -0.2) is 41.6 Å². The van der Waals surface area contributed by atoms with E-state index in [0.29, 0.717) is 37.0 Å². The molecule has 4 aromatic carbocycles. The molecule has 0 radical (unpaired) electrons. The summed E-state index contributed by atoms with van der Waals surface area (Å²) in [4.78, 5) is 26.8. The van der Waals surface area contributed by atoms with Gasteiger partial charge in [-0.3, -0.25) is 9.97 Å². The first-order chi connectivity index (χ1) is 26.7. The molecule has 8 rings (SSSR count). The summed E-state index contributed by atoms with van der Waals surface area (Å²) in [5, 5.41) is 17.9. The minimum Gasteiger partial charge on any atom is -0.395 e. The van der Waals surface area contributed by atoms with Gasteiger partial charge in [0.25, 0.3) is 0 Å². The Hall–Kier alpha value is -6.73. The Morgan fingerprint density at radius 2 is 1.06 bits per heavy atom. The molecule has 3 N–H and O–H groups in total. The number of aliphatic hydroxyl groups is 1. The van der Waals surface area contributed by atoms with Crippen LogP contribution >= 0.6 is 11.6 Å². The number of rotatable bonds is 9. The number of nitrogens with zero attached hydrogens (tertiary/aromatic N) is 6. The van der Waals surface area contributed by atoms with Gasteiger partial charge in [0, 0.05) is 18.8 Å². The van der Waals surface area contributed by atoms with Crippen molar-refractivity contribution in [2.45, 2.75) is 19.5 Å². The standard InChI is InChI=1S/C24H20N4O.C20H15ClN4/c29-16-7-5-14-22-27-21-13-8-12-20(18-9-2-1-3-10-18)23(21)24(28-22)26-17-19-11-4-6-15-25-19;21-20-24-17-11-6-10-16(14-7-2-1-3-8-14)18(17)19(25-20)23-13-15-9-4-5-12-22-15/h1-4,6,8-13,15,29H,7,16-17H2,(H,26,27,28);1-12H,13H2,(H,23,24,25). The molecule has 0 saturated carbocycles. The fraction of sp³-hybridized carbons (Fsp3) is 0.0909. The number of fused-ring (bicyclic) bond motifs is 2. The van der Waals surface area contributed by atoms with E-state index in [1.165, 1.54) is 0 Å². The molecule has 9 nitrogen and oxygen atoms in total. The van der Waals surface area contributed by atoms with Crippen LogP contribution in [0.4, 0.5) is 11.6 Å². The van der Waals surface area contributed by atoms with E-state index in [-0.39, 0.29) is 11.9 Å². The summed E-state index contributed by atoms with van der Waals surface area (Å²) in [6.45, 7) is 1.12. The number of hydrogen-bond acceptors (Lipinski definition) is 9. The molecule has 0 amide bonds. The SMILES string of the molecule is Clc1nc(NCc2ccccn2)c2c(-c3ccccc3)cccc2n1.OCCC#Cc1nc(NCc2ccccn2)c2c(-c3ccccc3)cccc2n1. The maximum absolute atomic E-state index is 8.98. The molecule has 0 spiro atoms. The van der Waals surface area contributed by atoms with Crippen LogP contribution in [0.2, 0.25) is 5.28 Å². The second kappa shape index (κ2) is 17.7. The zero-order valence-electron chi connectivity index (χ0n) is 29.2. The first-order valence-electron chi connectivity index (χ1n) is 17.4. The Balaban J connectivity index is 0.000000168. The van der Waals surface area contributed by atoms with Crippen molar-refractivity contribution in [1.82, 2.24) is 29.9 Å². The molecule has 10 heteroatoms. The molecule has 54 heavy (non-hydrogen) atoms. The number of pyridine rings is 2. The molecular weight excluding hydrogens is 692 g/mol. The smallest absolute Gasteiger partial charge is 0.224 e. The van der Waals surface area contributed by atoms with E-state index in [1.807, 2.05) is 97.1 Å². The van der Waals surface area contributed by atoms with Crippen molar-refractivity contribution >= 4 is 45.0 Å². The molecule has 4 aromatic heterocycles. The maximum Gasteiger partial charge on any atom is 0.224 e. The van der Waals surface area contributed by atoms with Gasteiger partial charge in [0.2, 0.25) is 11.1 Å². The number of aliphatic hydroxyl groups excluding tert-OH is 1. The highest BCUT2D eigenvalue weighted by molar-refractivity contribution is 6.29. The van der Waals surface area contributed by atoms with Crippen molar-refractivity contribution in [3.8, 4) is 34.1 Å². The van der Waals surface area contributed by atoms with Gasteiger partial charge in [-0.05, 0) is 76.2 Å². The summed E-state index contributed by atoms with van der Waals surface area (Å²) in [6.07, 6.45) is 3.94. The van der Waals surface area contributed by atoms with Crippen LogP contribution in [-0.2, 0) is 13.1 Å². The number of anilines is 2. The Labute approximate surface area is 318 Å². The topological polar surface area (TPSA) is 122 Å². The van der Waals surface area contributed by atoms with Gasteiger partial charge in [-0.1, -0.05) is 103 Å². The van der Waals surface area contributed by atoms with Crippen molar-refractivity contribution in [3.63, 3.8) is 0 Å². The normalized spacial score (nSPS) is 10.6. The molecule has 0 unspecified atom stereocenters. The van der Waals surface area contributed by atoms with E-state index in [9.17, 15) is 0 Å². The molecule has 0 saturated heterocycles. The average molecular weight is 727 g/mol. The van der Waals surface area contributed by atoms with Crippen LogP contribution in [0.3, 0.4) is 0 Å². The lowest BCUT2D eigenvalue weighted by molar-refractivity contribution is 0.305. The van der Waals surface area contributed by atoms with Gasteiger partial charge in [-0.2, -0.15) is 0 Å². The van der Waals surface area contributed by atoms with E-state index < -0.39 is 0 Å². The minimum atomic E-state index is 0.0174. The van der Waals surface area contributed by atoms with E-state index >= 15 is 0 Å². The molecule has 0 bridgehead atoms. The number of nitrogens with one attached hydrogen (secondary N) is 2. The van der Waals surface area contributed by atoms with Crippen LogP contribution < -0.4 is 10.6 Å². The molecule has 0 atom stereocenters. The zero-order chi connectivity index (χ0) is 37.0. The monoisotopic (exact) mass is 726 g/mol. The second-order valence-electron chi connectivity index (χ2n) is 12.0. The molecule has 8 aromatic rings. The summed E-state index contributed by atoms with van der Waals surface area (Å²) in [6, 6.07) is 44.1. The van der Waals surface area contributed by atoms with E-state index in [2.05, 4.69) is 88.8 Å². The maximum atomic E-state index is 8.98.